The molecule has 5 heteroatoms. The van der Waals surface area contributed by atoms with Crippen molar-refractivity contribution in [2.45, 2.75) is 43.5 Å². The fraction of sp³-hybridized carbons (Fsp3) is 0.571. The summed E-state index contributed by atoms with van der Waals surface area (Å²) in [4.78, 5) is 15.0. The number of nitrogens with zero attached hydrogens (tertiary/aromatic N) is 1. The molecule has 0 aliphatic heterocycles. The Labute approximate surface area is 118 Å². The molecule has 1 aromatic rings. The van der Waals surface area contributed by atoms with Gasteiger partial charge in [-0.25, -0.2) is 9.78 Å². The van der Waals surface area contributed by atoms with Crippen LogP contribution >= 0.6 is 11.8 Å². The van der Waals surface area contributed by atoms with Gasteiger partial charge in [0, 0.05) is 17.8 Å². The highest BCUT2D eigenvalue weighted by atomic mass is 32.2. The summed E-state index contributed by atoms with van der Waals surface area (Å²) < 4.78 is 0. The van der Waals surface area contributed by atoms with Gasteiger partial charge in [0.1, 0.15) is 5.69 Å². The van der Waals surface area contributed by atoms with E-state index >= 15 is 0 Å². The Morgan fingerprint density at radius 1 is 1.47 bits per heavy atom. The van der Waals surface area contributed by atoms with Gasteiger partial charge in [0.2, 0.25) is 0 Å². The largest absolute Gasteiger partial charge is 0.477 e. The molecule has 2 atom stereocenters. The minimum Gasteiger partial charge on any atom is -0.477 e. The molecule has 1 fully saturated rings. The van der Waals surface area contributed by atoms with Crippen molar-refractivity contribution in [2.75, 3.05) is 6.26 Å². The number of thioether (sulfide) groups is 1. The number of hydrogen-bond donors (Lipinski definition) is 2. The number of aromatic carboxylic acids is 1. The van der Waals surface area contributed by atoms with Gasteiger partial charge >= 0.3 is 5.97 Å². The molecule has 0 bridgehead atoms. The fourth-order valence-corrected chi connectivity index (χ4v) is 3.51. The van der Waals surface area contributed by atoms with Crippen LogP contribution in [0.15, 0.2) is 18.2 Å². The number of pyridine rings is 1. The van der Waals surface area contributed by atoms with Crippen LogP contribution in [0.5, 0.6) is 0 Å². The second kappa shape index (κ2) is 6.91. The van der Waals surface area contributed by atoms with Crippen LogP contribution in [-0.2, 0) is 6.54 Å². The lowest BCUT2D eigenvalue weighted by Crippen LogP contribution is -2.40. The molecule has 19 heavy (non-hydrogen) atoms. The summed E-state index contributed by atoms with van der Waals surface area (Å²) in [6.45, 7) is 0.642. The molecular formula is C14H20N2O2S. The molecule has 0 aromatic carbocycles. The maximum Gasteiger partial charge on any atom is 0.354 e. The van der Waals surface area contributed by atoms with Gasteiger partial charge in [-0.1, -0.05) is 18.9 Å². The van der Waals surface area contributed by atoms with Crippen molar-refractivity contribution in [3.8, 4) is 0 Å². The molecule has 2 N–H and O–H groups in total. The number of carboxylic acids is 1. The van der Waals surface area contributed by atoms with E-state index in [1.807, 2.05) is 17.8 Å². The Morgan fingerprint density at radius 3 is 3.00 bits per heavy atom. The Kier molecular flexibility index (Phi) is 5.22. The zero-order valence-electron chi connectivity index (χ0n) is 11.1. The number of hydrogen-bond acceptors (Lipinski definition) is 4. The van der Waals surface area contributed by atoms with Crippen molar-refractivity contribution >= 4 is 17.7 Å². The summed E-state index contributed by atoms with van der Waals surface area (Å²) in [5.74, 6) is -0.971. The van der Waals surface area contributed by atoms with E-state index in [0.717, 1.165) is 5.69 Å². The zero-order chi connectivity index (χ0) is 13.7. The van der Waals surface area contributed by atoms with Crippen molar-refractivity contribution in [2.24, 2.45) is 0 Å². The van der Waals surface area contributed by atoms with Crippen molar-refractivity contribution in [3.63, 3.8) is 0 Å². The number of nitrogens with one attached hydrogen (secondary N) is 1. The molecule has 2 unspecified atom stereocenters. The smallest absolute Gasteiger partial charge is 0.354 e. The molecule has 1 aliphatic rings. The third-order valence-corrected chi connectivity index (χ3v) is 4.75. The molecule has 1 heterocycles. The van der Waals surface area contributed by atoms with Crippen molar-refractivity contribution < 1.29 is 9.90 Å². The van der Waals surface area contributed by atoms with Gasteiger partial charge in [0.25, 0.3) is 0 Å². The topological polar surface area (TPSA) is 62.2 Å². The summed E-state index contributed by atoms with van der Waals surface area (Å²) in [6, 6.07) is 5.66. The first-order valence-corrected chi connectivity index (χ1v) is 7.95. The third-order valence-electron chi connectivity index (χ3n) is 3.58. The predicted molar refractivity (Wildman–Crippen MR) is 77.6 cm³/mol. The molecule has 1 saturated carbocycles. The fourth-order valence-electron chi connectivity index (χ4n) is 2.55. The molecule has 0 amide bonds. The highest BCUT2D eigenvalue weighted by Gasteiger charge is 2.23. The lowest BCUT2D eigenvalue weighted by Gasteiger charge is -2.31. The molecule has 0 radical (unpaired) electrons. The quantitative estimate of drug-likeness (QED) is 0.868. The summed E-state index contributed by atoms with van der Waals surface area (Å²) in [5.41, 5.74) is 0.912. The molecule has 1 aromatic heterocycles. The van der Waals surface area contributed by atoms with Gasteiger partial charge in [0.05, 0.1) is 5.69 Å². The first-order valence-electron chi connectivity index (χ1n) is 6.66. The monoisotopic (exact) mass is 280 g/mol. The first-order chi connectivity index (χ1) is 9.20. The van der Waals surface area contributed by atoms with E-state index in [1.165, 1.54) is 31.7 Å². The van der Waals surface area contributed by atoms with Gasteiger partial charge in [-0.3, -0.25) is 0 Å². The van der Waals surface area contributed by atoms with Crippen LogP contribution in [0.3, 0.4) is 0 Å². The number of rotatable bonds is 5. The third kappa shape index (κ3) is 3.94. The van der Waals surface area contributed by atoms with E-state index in [1.54, 1.807) is 6.07 Å². The Bertz CT molecular complexity index is 439. The molecule has 4 nitrogen and oxygen atoms in total. The Balaban J connectivity index is 1.94. The Hall–Kier alpha value is -1.07. The summed E-state index contributed by atoms with van der Waals surface area (Å²) in [5, 5.41) is 13.1. The van der Waals surface area contributed by atoms with Gasteiger partial charge in [0.15, 0.2) is 0 Å². The van der Waals surface area contributed by atoms with Crippen LogP contribution in [0.4, 0.5) is 0 Å². The van der Waals surface area contributed by atoms with Crippen LogP contribution in [0.1, 0.15) is 41.9 Å². The molecule has 104 valence electrons. The molecular weight excluding hydrogens is 260 g/mol. The van der Waals surface area contributed by atoms with Crippen molar-refractivity contribution in [1.82, 2.24) is 10.3 Å². The Morgan fingerprint density at radius 2 is 2.26 bits per heavy atom. The second-order valence-corrected chi connectivity index (χ2v) is 5.94. The van der Waals surface area contributed by atoms with E-state index in [9.17, 15) is 4.79 Å². The van der Waals surface area contributed by atoms with E-state index in [-0.39, 0.29) is 5.69 Å². The van der Waals surface area contributed by atoms with Gasteiger partial charge in [-0.05, 0) is 31.2 Å². The summed E-state index contributed by atoms with van der Waals surface area (Å²) in [6.07, 6.45) is 7.22. The van der Waals surface area contributed by atoms with Gasteiger partial charge in [-0.2, -0.15) is 11.8 Å². The molecule has 1 aliphatic carbocycles. The van der Waals surface area contributed by atoms with Gasteiger partial charge < -0.3 is 10.4 Å². The van der Waals surface area contributed by atoms with E-state index in [4.69, 9.17) is 5.11 Å². The summed E-state index contributed by atoms with van der Waals surface area (Å²) in [7, 11) is 0. The first kappa shape index (κ1) is 14.3. The van der Waals surface area contributed by atoms with Crippen LogP contribution < -0.4 is 5.32 Å². The highest BCUT2D eigenvalue weighted by Crippen LogP contribution is 2.27. The van der Waals surface area contributed by atoms with Crippen molar-refractivity contribution in [3.05, 3.63) is 29.6 Å². The molecule has 2 rings (SSSR count). The minimum absolute atomic E-state index is 0.115. The van der Waals surface area contributed by atoms with Crippen LogP contribution in [0, 0.1) is 0 Å². The molecule has 0 saturated heterocycles. The van der Waals surface area contributed by atoms with Crippen LogP contribution in [0.25, 0.3) is 0 Å². The van der Waals surface area contributed by atoms with Crippen LogP contribution in [0.2, 0.25) is 0 Å². The highest BCUT2D eigenvalue weighted by molar-refractivity contribution is 7.99. The number of carbonyl (C=O) groups is 1. The maximum atomic E-state index is 10.9. The van der Waals surface area contributed by atoms with E-state index in [2.05, 4.69) is 16.6 Å². The lowest BCUT2D eigenvalue weighted by molar-refractivity contribution is 0.0690. The average molecular weight is 280 g/mol. The number of carboxylic acid groups (broad SMARTS) is 1. The van der Waals surface area contributed by atoms with Gasteiger partial charge in [-0.15, -0.1) is 0 Å². The van der Waals surface area contributed by atoms with E-state index in [0.29, 0.717) is 17.8 Å². The van der Waals surface area contributed by atoms with E-state index < -0.39 is 5.97 Å². The number of aromatic nitrogens is 1. The van der Waals surface area contributed by atoms with Crippen LogP contribution in [-0.4, -0.2) is 33.6 Å². The minimum atomic E-state index is -0.971. The van der Waals surface area contributed by atoms with Crippen molar-refractivity contribution in [1.29, 1.82) is 0 Å². The average Bonchev–Trinajstić information content (AvgIpc) is 2.45. The summed E-state index contributed by atoms with van der Waals surface area (Å²) >= 11 is 1.92. The molecule has 0 spiro atoms. The zero-order valence-corrected chi connectivity index (χ0v) is 11.9. The normalized spacial score (nSPS) is 23.2. The SMILES string of the molecule is CSC1CCCCC1NCc1cccc(C(=O)O)n1. The predicted octanol–water partition coefficient (Wildman–Crippen LogP) is 2.54. The second-order valence-electron chi connectivity index (χ2n) is 4.87. The lowest BCUT2D eigenvalue weighted by atomic mass is 9.95. The standard InChI is InChI=1S/C14H20N2O2S/c1-19-13-8-3-2-6-11(13)15-9-10-5-4-7-12(16-10)14(17)18/h4-5,7,11,13,15H,2-3,6,8-9H2,1H3,(H,17,18). The maximum absolute atomic E-state index is 10.9.